The number of phenolic OH excluding ortho intramolecular Hbond substituents is 3. The Morgan fingerprint density at radius 1 is 0.905 bits per heavy atom. The van der Waals surface area contributed by atoms with Crippen LogP contribution in [0.15, 0.2) is 40.8 Å². The molecule has 6 heteroatoms. The summed E-state index contributed by atoms with van der Waals surface area (Å²) in [6, 6.07) is 7.47. The summed E-state index contributed by atoms with van der Waals surface area (Å²) in [4.78, 5) is 12.3. The Hall–Kier alpha value is -3.15. The fraction of sp³-hybridized carbons (Fsp3) is 0. The maximum absolute atomic E-state index is 12.3. The molecule has 0 aliphatic heterocycles. The fourth-order valence-corrected chi connectivity index (χ4v) is 2.05. The Morgan fingerprint density at radius 2 is 1.57 bits per heavy atom. The van der Waals surface area contributed by atoms with Crippen LogP contribution in [0.2, 0.25) is 0 Å². The average molecular weight is 286 g/mol. The number of aromatic hydroxyl groups is 4. The second-order valence-corrected chi connectivity index (χ2v) is 4.49. The smallest absolute Gasteiger partial charge is 0.235 e. The lowest BCUT2D eigenvalue weighted by molar-refractivity contribution is 0.100. The Kier molecular flexibility index (Phi) is 2.72. The molecule has 1 aromatic heterocycles. The molecule has 0 radical (unpaired) electrons. The third-order valence-electron chi connectivity index (χ3n) is 3.08. The highest BCUT2D eigenvalue weighted by molar-refractivity contribution is 6.13. The zero-order chi connectivity index (χ0) is 15.1. The summed E-state index contributed by atoms with van der Waals surface area (Å²) < 4.78 is 5.24. The van der Waals surface area contributed by atoms with Gasteiger partial charge in [-0.1, -0.05) is 0 Å². The van der Waals surface area contributed by atoms with Crippen molar-refractivity contribution < 1.29 is 29.6 Å². The molecule has 106 valence electrons. The zero-order valence-corrected chi connectivity index (χ0v) is 10.6. The van der Waals surface area contributed by atoms with Crippen LogP contribution in [0, 0.1) is 0 Å². The summed E-state index contributed by atoms with van der Waals surface area (Å²) >= 11 is 0. The zero-order valence-electron chi connectivity index (χ0n) is 10.6. The second kappa shape index (κ2) is 4.45. The van der Waals surface area contributed by atoms with E-state index in [-0.39, 0.29) is 39.5 Å². The van der Waals surface area contributed by atoms with Gasteiger partial charge in [-0.2, -0.15) is 0 Å². The van der Waals surface area contributed by atoms with E-state index in [0.717, 1.165) is 12.1 Å². The Labute approximate surface area is 118 Å². The first-order chi connectivity index (χ1) is 9.97. The lowest BCUT2D eigenvalue weighted by Crippen LogP contribution is -2.00. The molecule has 0 atom stereocenters. The highest BCUT2D eigenvalue weighted by atomic mass is 16.4. The van der Waals surface area contributed by atoms with E-state index in [1.54, 1.807) is 0 Å². The van der Waals surface area contributed by atoms with E-state index in [4.69, 9.17) is 4.42 Å². The van der Waals surface area contributed by atoms with E-state index >= 15 is 0 Å². The van der Waals surface area contributed by atoms with Crippen molar-refractivity contribution in [3.8, 4) is 23.0 Å². The molecule has 0 spiro atoms. The predicted octanol–water partition coefficient (Wildman–Crippen LogP) is 2.49. The molecule has 4 N–H and O–H groups in total. The van der Waals surface area contributed by atoms with Gasteiger partial charge in [-0.15, -0.1) is 0 Å². The highest BCUT2D eigenvalue weighted by Gasteiger charge is 2.24. The number of fused-ring (bicyclic) bond motifs is 1. The van der Waals surface area contributed by atoms with E-state index in [9.17, 15) is 25.2 Å². The molecular weight excluding hydrogens is 276 g/mol. The van der Waals surface area contributed by atoms with Crippen LogP contribution in [-0.2, 0) is 0 Å². The molecule has 21 heavy (non-hydrogen) atoms. The van der Waals surface area contributed by atoms with Crippen molar-refractivity contribution >= 4 is 16.8 Å². The van der Waals surface area contributed by atoms with Gasteiger partial charge in [-0.3, -0.25) is 4.79 Å². The third-order valence-corrected chi connectivity index (χ3v) is 3.08. The maximum atomic E-state index is 12.3. The molecule has 0 amide bonds. The molecule has 0 unspecified atom stereocenters. The molecule has 0 bridgehead atoms. The highest BCUT2D eigenvalue weighted by Crippen LogP contribution is 2.36. The van der Waals surface area contributed by atoms with Crippen molar-refractivity contribution in [2.45, 2.75) is 0 Å². The molecule has 0 aliphatic rings. The normalized spacial score (nSPS) is 10.9. The topological polar surface area (TPSA) is 111 Å². The molecule has 2 aromatic carbocycles. The van der Waals surface area contributed by atoms with Crippen LogP contribution in [0.1, 0.15) is 16.1 Å². The van der Waals surface area contributed by atoms with Crippen LogP contribution in [0.3, 0.4) is 0 Å². The number of benzene rings is 2. The van der Waals surface area contributed by atoms with Gasteiger partial charge in [-0.05, 0) is 30.3 Å². The maximum Gasteiger partial charge on any atom is 0.235 e. The molecule has 0 saturated carbocycles. The minimum Gasteiger partial charge on any atom is -0.508 e. The average Bonchev–Trinajstić information content (AvgIpc) is 2.77. The van der Waals surface area contributed by atoms with E-state index in [1.807, 2.05) is 0 Å². The number of rotatable bonds is 2. The summed E-state index contributed by atoms with van der Waals surface area (Å²) in [7, 11) is 0. The molecule has 0 fully saturated rings. The minimum absolute atomic E-state index is 0.0737. The largest absolute Gasteiger partial charge is 0.508 e. The first-order valence-corrected chi connectivity index (χ1v) is 5.98. The van der Waals surface area contributed by atoms with E-state index in [1.165, 1.54) is 24.3 Å². The summed E-state index contributed by atoms with van der Waals surface area (Å²) in [6.07, 6.45) is 0. The van der Waals surface area contributed by atoms with E-state index in [0.29, 0.717) is 0 Å². The van der Waals surface area contributed by atoms with Crippen molar-refractivity contribution in [3.05, 3.63) is 47.7 Å². The Balaban J connectivity index is 2.18. The molecule has 0 aliphatic carbocycles. The van der Waals surface area contributed by atoms with Gasteiger partial charge in [0.05, 0.1) is 10.9 Å². The molecule has 1 heterocycles. The summed E-state index contributed by atoms with van der Waals surface area (Å²) in [5.41, 5.74) is -0.0657. The van der Waals surface area contributed by atoms with Gasteiger partial charge >= 0.3 is 0 Å². The number of ketones is 1. The number of hydrogen-bond acceptors (Lipinski definition) is 6. The van der Waals surface area contributed by atoms with Gasteiger partial charge in [0.1, 0.15) is 22.8 Å². The Morgan fingerprint density at radius 3 is 2.33 bits per heavy atom. The number of carbonyl (C=O) groups excluding carboxylic acids is 1. The van der Waals surface area contributed by atoms with Gasteiger partial charge in [0.2, 0.25) is 11.5 Å². The monoisotopic (exact) mass is 286 g/mol. The molecule has 0 saturated heterocycles. The quantitative estimate of drug-likeness (QED) is 0.425. The number of furan rings is 1. The van der Waals surface area contributed by atoms with Crippen LogP contribution in [-0.4, -0.2) is 26.2 Å². The SMILES string of the molecule is O=C(c1cc(O)ccc1O)c1oc2cc(O)ccc2c1O. The van der Waals surface area contributed by atoms with Gasteiger partial charge in [-0.25, -0.2) is 0 Å². The summed E-state index contributed by atoms with van der Waals surface area (Å²) in [5.74, 6) is -2.17. The van der Waals surface area contributed by atoms with Gasteiger partial charge in [0.15, 0.2) is 5.75 Å². The summed E-state index contributed by atoms with van der Waals surface area (Å²) in [6.45, 7) is 0. The number of phenols is 3. The minimum atomic E-state index is -0.781. The van der Waals surface area contributed by atoms with Crippen LogP contribution in [0.25, 0.3) is 11.0 Å². The Bertz CT molecular complexity index is 862. The number of carbonyl (C=O) groups is 1. The fourth-order valence-electron chi connectivity index (χ4n) is 2.05. The van der Waals surface area contributed by atoms with Crippen molar-refractivity contribution in [1.82, 2.24) is 0 Å². The standard InChI is InChI=1S/C15H10O6/c16-7-2-4-11(18)10(5-7)14(20)15-13(19)9-3-1-8(17)6-12(9)21-15/h1-6,16-19H. The van der Waals surface area contributed by atoms with Crippen molar-refractivity contribution in [2.24, 2.45) is 0 Å². The van der Waals surface area contributed by atoms with E-state index < -0.39 is 11.5 Å². The van der Waals surface area contributed by atoms with E-state index in [2.05, 4.69) is 0 Å². The van der Waals surface area contributed by atoms with Crippen molar-refractivity contribution in [3.63, 3.8) is 0 Å². The first kappa shape index (κ1) is 12.9. The first-order valence-electron chi connectivity index (χ1n) is 5.98. The van der Waals surface area contributed by atoms with Crippen LogP contribution < -0.4 is 0 Å². The molecular formula is C15H10O6. The third kappa shape index (κ3) is 2.02. The number of hydrogen-bond donors (Lipinski definition) is 4. The van der Waals surface area contributed by atoms with Crippen LogP contribution >= 0.6 is 0 Å². The summed E-state index contributed by atoms with van der Waals surface area (Å²) in [5, 5.41) is 38.7. The van der Waals surface area contributed by atoms with Crippen LogP contribution in [0.5, 0.6) is 23.0 Å². The van der Waals surface area contributed by atoms with Gasteiger partial charge in [0, 0.05) is 6.07 Å². The lowest BCUT2D eigenvalue weighted by atomic mass is 10.1. The second-order valence-electron chi connectivity index (χ2n) is 4.49. The van der Waals surface area contributed by atoms with Gasteiger partial charge in [0.25, 0.3) is 0 Å². The van der Waals surface area contributed by atoms with Crippen molar-refractivity contribution in [2.75, 3.05) is 0 Å². The van der Waals surface area contributed by atoms with Gasteiger partial charge < -0.3 is 24.8 Å². The molecule has 3 rings (SSSR count). The molecule has 6 nitrogen and oxygen atoms in total. The van der Waals surface area contributed by atoms with Crippen LogP contribution in [0.4, 0.5) is 0 Å². The predicted molar refractivity (Wildman–Crippen MR) is 72.7 cm³/mol. The lowest BCUT2D eigenvalue weighted by Gasteiger charge is -2.02. The molecule has 3 aromatic rings. The van der Waals surface area contributed by atoms with Crippen molar-refractivity contribution in [1.29, 1.82) is 0 Å².